The van der Waals surface area contributed by atoms with E-state index in [4.69, 9.17) is 31.1 Å². The lowest BCUT2D eigenvalue weighted by Crippen LogP contribution is -2.28. The van der Waals surface area contributed by atoms with Crippen molar-refractivity contribution in [2.75, 3.05) is 18.9 Å². The van der Waals surface area contributed by atoms with Crippen molar-refractivity contribution in [1.29, 1.82) is 0 Å². The molecule has 33 heavy (non-hydrogen) atoms. The second-order valence-electron chi connectivity index (χ2n) is 7.86. The van der Waals surface area contributed by atoms with E-state index < -0.39 is 24.5 Å². The Hall–Kier alpha value is -1.65. The summed E-state index contributed by atoms with van der Waals surface area (Å²) in [5.74, 6) is 0.0743. The minimum Gasteiger partial charge on any atom is -0.390 e. The van der Waals surface area contributed by atoms with Crippen LogP contribution in [0.2, 0.25) is 0 Å². The number of rotatable bonds is 12. The Morgan fingerprint density at radius 3 is 2.94 bits per heavy atom. The van der Waals surface area contributed by atoms with Crippen LogP contribution >= 0.6 is 20.6 Å². The van der Waals surface area contributed by atoms with Gasteiger partial charge in [0.25, 0.3) is 0 Å². The van der Waals surface area contributed by atoms with Gasteiger partial charge in [0.05, 0.1) is 37.1 Å². The van der Waals surface area contributed by atoms with Gasteiger partial charge in [-0.2, -0.15) is 0 Å². The Bertz CT molecular complexity index is 960. The predicted molar refractivity (Wildman–Crippen MR) is 128 cm³/mol. The van der Waals surface area contributed by atoms with Gasteiger partial charge in [-0.05, 0) is 18.9 Å². The third-order valence-electron chi connectivity index (χ3n) is 5.69. The molecule has 0 amide bonds. The van der Waals surface area contributed by atoms with Crippen LogP contribution in [0.25, 0.3) is 11.2 Å². The fraction of sp³-hybridized carbons (Fsp3) is 0.571. The molecule has 0 radical (unpaired) electrons. The number of ether oxygens (including phenoxy) is 1. The maximum atomic E-state index is 10.6. The lowest BCUT2D eigenvalue weighted by Gasteiger charge is -2.17. The Labute approximate surface area is 199 Å². The van der Waals surface area contributed by atoms with Gasteiger partial charge in [-0.3, -0.25) is 4.57 Å². The van der Waals surface area contributed by atoms with Gasteiger partial charge in [0.15, 0.2) is 20.5 Å². The first kappa shape index (κ1) is 26.0. The van der Waals surface area contributed by atoms with Crippen LogP contribution in [0.15, 0.2) is 37.0 Å². The molecule has 7 atom stereocenters. The molecule has 0 aliphatic carbocycles. The number of aliphatic hydroxyl groups is 2. The number of fused-ring (bicyclic) bond motifs is 1. The average Bonchev–Trinajstić information content (AvgIpc) is 3.36. The smallest absolute Gasteiger partial charge is 0.167 e. The number of aliphatic hydroxyl groups excluding tert-OH is 2. The van der Waals surface area contributed by atoms with E-state index in [1.165, 1.54) is 6.33 Å². The van der Waals surface area contributed by atoms with Gasteiger partial charge in [-0.1, -0.05) is 19.1 Å². The van der Waals surface area contributed by atoms with E-state index in [1.807, 2.05) is 19.9 Å². The van der Waals surface area contributed by atoms with Crippen molar-refractivity contribution in [2.45, 2.75) is 56.6 Å². The van der Waals surface area contributed by atoms with Gasteiger partial charge >= 0.3 is 0 Å². The fourth-order valence-electron chi connectivity index (χ4n) is 3.71. The lowest BCUT2D eigenvalue weighted by atomic mass is 10.0. The second-order valence-corrected chi connectivity index (χ2v) is 9.17. The minimum absolute atomic E-state index is 0.167. The van der Waals surface area contributed by atoms with Gasteiger partial charge in [-0.15, -0.1) is 18.2 Å². The molecule has 0 bridgehead atoms. The van der Waals surface area contributed by atoms with Crippen LogP contribution in [0.4, 0.5) is 5.82 Å². The highest BCUT2D eigenvalue weighted by Gasteiger charge is 2.42. The Kier molecular flexibility index (Phi) is 9.57. The Morgan fingerprint density at radius 1 is 1.42 bits per heavy atom. The fourth-order valence-corrected chi connectivity index (χ4v) is 4.41. The maximum absolute atomic E-state index is 10.6. The standard InChI is InChI=1S/C21H31ClN5O5P/c1-4-13(8-14(22)5-2)15(28)6-7-30-33-31-9-16-18(29)12(3)21(32-16)27-11-26-17-19(23)24-10-25-20(17)27/h4-5,10-12,14-16,18,21,28-29,33H,2,6-9H2,1,3H3,(H2,23,24,25)/b13-4+. The highest BCUT2D eigenvalue weighted by atomic mass is 35.5. The number of hydrogen-bond acceptors (Lipinski definition) is 9. The molecule has 7 unspecified atom stereocenters. The molecule has 1 fully saturated rings. The summed E-state index contributed by atoms with van der Waals surface area (Å²) in [6.45, 7) is 7.91. The molecule has 3 rings (SSSR count). The first-order chi connectivity index (χ1) is 15.9. The summed E-state index contributed by atoms with van der Waals surface area (Å²) in [4.78, 5) is 12.4. The molecule has 2 aromatic heterocycles. The first-order valence-corrected chi connectivity index (χ1v) is 12.0. The molecule has 0 aromatic carbocycles. The molecule has 182 valence electrons. The third kappa shape index (κ3) is 6.27. The Balaban J connectivity index is 1.43. The van der Waals surface area contributed by atoms with Gasteiger partial charge < -0.3 is 29.7 Å². The van der Waals surface area contributed by atoms with Crippen LogP contribution < -0.4 is 5.73 Å². The number of nitrogens with zero attached hydrogens (tertiary/aromatic N) is 4. The van der Waals surface area contributed by atoms with E-state index in [0.29, 0.717) is 30.6 Å². The number of allylic oxidation sites excluding steroid dienone is 2. The number of imidazole rings is 1. The highest BCUT2D eigenvalue weighted by molar-refractivity contribution is 7.26. The Morgan fingerprint density at radius 2 is 2.21 bits per heavy atom. The van der Waals surface area contributed by atoms with Crippen molar-refractivity contribution in [2.24, 2.45) is 5.92 Å². The second kappa shape index (κ2) is 12.2. The normalized spacial score (nSPS) is 25.8. The van der Waals surface area contributed by atoms with Crippen molar-refractivity contribution in [1.82, 2.24) is 19.5 Å². The quantitative estimate of drug-likeness (QED) is 0.174. The molecular weight excluding hydrogens is 469 g/mol. The number of halogens is 1. The summed E-state index contributed by atoms with van der Waals surface area (Å²) in [6, 6.07) is 0. The summed E-state index contributed by atoms with van der Waals surface area (Å²) >= 11 is 6.08. The summed E-state index contributed by atoms with van der Waals surface area (Å²) in [5, 5.41) is 20.7. The molecule has 4 N–H and O–H groups in total. The van der Waals surface area contributed by atoms with Crippen LogP contribution in [0, 0.1) is 5.92 Å². The SMILES string of the molecule is C=CC(Cl)C/C(=C\C)C(O)CCOPOCC1OC(n2cnc3c(N)ncnc32)C(C)C1O. The summed E-state index contributed by atoms with van der Waals surface area (Å²) < 4.78 is 18.9. The number of hydrogen-bond donors (Lipinski definition) is 3. The van der Waals surface area contributed by atoms with Crippen LogP contribution in [0.1, 0.15) is 32.9 Å². The molecule has 1 saturated heterocycles. The first-order valence-electron chi connectivity index (χ1n) is 10.7. The lowest BCUT2D eigenvalue weighted by molar-refractivity contribution is -0.0393. The molecule has 12 heteroatoms. The zero-order chi connectivity index (χ0) is 24.0. The average molecular weight is 500 g/mol. The monoisotopic (exact) mass is 499 g/mol. The molecule has 2 aromatic rings. The summed E-state index contributed by atoms with van der Waals surface area (Å²) in [7, 11) is -0.242. The van der Waals surface area contributed by atoms with Crippen LogP contribution in [-0.2, 0) is 13.8 Å². The van der Waals surface area contributed by atoms with E-state index in [0.717, 1.165) is 5.57 Å². The number of nitrogen functional groups attached to an aromatic ring is 1. The summed E-state index contributed by atoms with van der Waals surface area (Å²) in [5.41, 5.74) is 7.75. The van der Waals surface area contributed by atoms with E-state index in [-0.39, 0.29) is 32.8 Å². The van der Waals surface area contributed by atoms with Gasteiger partial charge in [-0.25, -0.2) is 15.0 Å². The zero-order valence-electron chi connectivity index (χ0n) is 18.7. The number of nitrogens with two attached hydrogens (primary N) is 1. The van der Waals surface area contributed by atoms with Crippen molar-refractivity contribution < 1.29 is 24.0 Å². The zero-order valence-corrected chi connectivity index (χ0v) is 20.4. The number of anilines is 1. The van der Waals surface area contributed by atoms with Crippen molar-refractivity contribution in [3.8, 4) is 0 Å². The van der Waals surface area contributed by atoms with E-state index in [2.05, 4.69) is 21.5 Å². The molecule has 0 spiro atoms. The van der Waals surface area contributed by atoms with Gasteiger partial charge in [0.1, 0.15) is 24.2 Å². The van der Waals surface area contributed by atoms with E-state index in [1.54, 1.807) is 17.0 Å². The van der Waals surface area contributed by atoms with E-state index >= 15 is 0 Å². The predicted octanol–water partition coefficient (Wildman–Crippen LogP) is 2.73. The van der Waals surface area contributed by atoms with Crippen molar-refractivity contribution in [3.63, 3.8) is 0 Å². The van der Waals surface area contributed by atoms with Gasteiger partial charge in [0.2, 0.25) is 0 Å². The van der Waals surface area contributed by atoms with E-state index in [9.17, 15) is 10.2 Å². The third-order valence-corrected chi connectivity index (χ3v) is 6.63. The highest BCUT2D eigenvalue weighted by Crippen LogP contribution is 2.37. The minimum atomic E-state index is -0.733. The molecule has 1 aliphatic heterocycles. The van der Waals surface area contributed by atoms with Gasteiger partial charge in [0, 0.05) is 12.3 Å². The van der Waals surface area contributed by atoms with Crippen LogP contribution in [0.3, 0.4) is 0 Å². The largest absolute Gasteiger partial charge is 0.390 e. The van der Waals surface area contributed by atoms with Crippen LogP contribution in [0.5, 0.6) is 0 Å². The van der Waals surface area contributed by atoms with Crippen molar-refractivity contribution in [3.05, 3.63) is 37.0 Å². The van der Waals surface area contributed by atoms with Crippen LogP contribution in [-0.4, -0.2) is 66.6 Å². The number of alkyl halides is 1. The molecule has 0 saturated carbocycles. The molecule has 3 heterocycles. The maximum Gasteiger partial charge on any atom is 0.167 e. The van der Waals surface area contributed by atoms with Crippen molar-refractivity contribution >= 4 is 37.6 Å². The summed E-state index contributed by atoms with van der Waals surface area (Å²) in [6.07, 6.45) is 5.08. The molecule has 1 aliphatic rings. The topological polar surface area (TPSA) is 138 Å². The number of aromatic nitrogens is 4. The molecule has 10 nitrogen and oxygen atoms in total. The molecular formula is C21H31ClN5O5P.